The highest BCUT2D eigenvalue weighted by atomic mass is 35.5. The molecule has 25 heavy (non-hydrogen) atoms. The van der Waals surface area contributed by atoms with E-state index in [1.54, 1.807) is 42.5 Å². The number of thiophene rings is 1. The summed E-state index contributed by atoms with van der Waals surface area (Å²) >= 11 is 7.47. The van der Waals surface area contributed by atoms with Crippen molar-refractivity contribution in [1.29, 1.82) is 0 Å². The third kappa shape index (κ3) is 5.56. The predicted molar refractivity (Wildman–Crippen MR) is 102 cm³/mol. The van der Waals surface area contributed by atoms with Crippen LogP contribution in [0.3, 0.4) is 0 Å². The number of carbonyl (C=O) groups is 2. The second-order valence-electron chi connectivity index (χ2n) is 5.94. The molecule has 1 aromatic heterocycles. The lowest BCUT2D eigenvalue weighted by Crippen LogP contribution is -2.46. The number of amides is 2. The summed E-state index contributed by atoms with van der Waals surface area (Å²) < 4.78 is 0. The average molecular weight is 380 g/mol. The van der Waals surface area contributed by atoms with E-state index in [4.69, 9.17) is 11.6 Å². The van der Waals surface area contributed by atoms with Gasteiger partial charge in [0.2, 0.25) is 5.91 Å². The number of nitrogens with one attached hydrogen (secondary N) is 2. The summed E-state index contributed by atoms with van der Waals surface area (Å²) in [5, 5.41) is 8.18. The molecule has 0 saturated carbocycles. The van der Waals surface area contributed by atoms with Gasteiger partial charge < -0.3 is 15.5 Å². The highest BCUT2D eigenvalue weighted by Crippen LogP contribution is 2.22. The van der Waals surface area contributed by atoms with E-state index in [0.717, 1.165) is 0 Å². The Morgan fingerprint density at radius 2 is 1.88 bits per heavy atom. The lowest BCUT2D eigenvalue weighted by Gasteiger charge is -2.24. The van der Waals surface area contributed by atoms with Crippen LogP contribution in [-0.2, 0) is 4.79 Å². The first-order valence-corrected chi connectivity index (χ1v) is 9.18. The highest BCUT2D eigenvalue weighted by molar-refractivity contribution is 7.10. The van der Waals surface area contributed by atoms with Gasteiger partial charge in [-0.1, -0.05) is 17.7 Å². The maximum atomic E-state index is 12.3. The van der Waals surface area contributed by atoms with Crippen molar-refractivity contribution in [2.75, 3.05) is 20.6 Å². The van der Waals surface area contributed by atoms with Crippen LogP contribution < -0.4 is 10.6 Å². The van der Waals surface area contributed by atoms with Crippen LogP contribution in [-0.4, -0.2) is 43.4 Å². The molecule has 0 radical (unpaired) electrons. The minimum atomic E-state index is -0.630. The van der Waals surface area contributed by atoms with Crippen LogP contribution in [0.15, 0.2) is 41.8 Å². The van der Waals surface area contributed by atoms with Gasteiger partial charge in [-0.3, -0.25) is 9.59 Å². The van der Waals surface area contributed by atoms with Gasteiger partial charge in [0.25, 0.3) is 5.91 Å². The van der Waals surface area contributed by atoms with Gasteiger partial charge in [-0.25, -0.2) is 0 Å². The second kappa shape index (κ2) is 8.99. The van der Waals surface area contributed by atoms with Gasteiger partial charge in [-0.15, -0.1) is 11.3 Å². The molecule has 2 amide bonds. The summed E-state index contributed by atoms with van der Waals surface area (Å²) in [5.74, 6) is -0.521. The van der Waals surface area contributed by atoms with Gasteiger partial charge in [0.15, 0.2) is 0 Å². The molecule has 0 bridgehead atoms. The first kappa shape index (κ1) is 19.4. The predicted octanol–water partition coefficient (Wildman–Crippen LogP) is 2.94. The molecular formula is C18H22ClN3O2S. The number of hydrogen-bond acceptors (Lipinski definition) is 4. The highest BCUT2D eigenvalue weighted by Gasteiger charge is 2.20. The lowest BCUT2D eigenvalue weighted by atomic mass is 10.2. The number of benzene rings is 1. The van der Waals surface area contributed by atoms with Crippen LogP contribution >= 0.6 is 22.9 Å². The van der Waals surface area contributed by atoms with E-state index in [2.05, 4.69) is 15.5 Å². The zero-order valence-electron chi connectivity index (χ0n) is 14.5. The van der Waals surface area contributed by atoms with Gasteiger partial charge in [0.1, 0.15) is 6.04 Å². The molecule has 2 N–H and O–H groups in total. The molecule has 1 aromatic carbocycles. The number of hydrogen-bond donors (Lipinski definition) is 2. The molecule has 2 aromatic rings. The maximum Gasteiger partial charge on any atom is 0.251 e. The second-order valence-corrected chi connectivity index (χ2v) is 7.36. The molecule has 0 aliphatic carbocycles. The first-order chi connectivity index (χ1) is 11.9. The molecule has 2 unspecified atom stereocenters. The van der Waals surface area contributed by atoms with Crippen molar-refractivity contribution in [3.63, 3.8) is 0 Å². The van der Waals surface area contributed by atoms with Crippen LogP contribution in [0.25, 0.3) is 0 Å². The molecule has 0 saturated heterocycles. The fourth-order valence-electron chi connectivity index (χ4n) is 2.32. The van der Waals surface area contributed by atoms with Gasteiger partial charge in [0.05, 0.1) is 6.04 Å². The van der Waals surface area contributed by atoms with E-state index in [1.807, 2.05) is 31.6 Å². The summed E-state index contributed by atoms with van der Waals surface area (Å²) in [6.45, 7) is 2.15. The fourth-order valence-corrected chi connectivity index (χ4v) is 3.36. The Kier molecular flexibility index (Phi) is 6.99. The molecule has 2 atom stereocenters. The molecule has 134 valence electrons. The van der Waals surface area contributed by atoms with Gasteiger partial charge in [-0.05, 0) is 56.7 Å². The topological polar surface area (TPSA) is 61.4 Å². The van der Waals surface area contributed by atoms with Crippen molar-refractivity contribution < 1.29 is 9.59 Å². The minimum absolute atomic E-state index is 0.100. The fraction of sp³-hybridized carbons (Fsp3) is 0.333. The van der Waals surface area contributed by atoms with Crippen LogP contribution in [0.2, 0.25) is 5.02 Å². The minimum Gasteiger partial charge on any atom is -0.352 e. The molecule has 1 heterocycles. The number of halogens is 1. The van der Waals surface area contributed by atoms with Crippen molar-refractivity contribution >= 4 is 34.8 Å². The largest absolute Gasteiger partial charge is 0.352 e. The van der Waals surface area contributed by atoms with E-state index in [9.17, 15) is 9.59 Å². The maximum absolute atomic E-state index is 12.3. The van der Waals surface area contributed by atoms with E-state index in [1.165, 1.54) is 4.88 Å². The van der Waals surface area contributed by atoms with Crippen molar-refractivity contribution in [3.05, 3.63) is 57.2 Å². The summed E-state index contributed by atoms with van der Waals surface area (Å²) in [7, 11) is 3.95. The Bertz CT molecular complexity index is 702. The van der Waals surface area contributed by atoms with Gasteiger partial charge in [-0.2, -0.15) is 0 Å². The van der Waals surface area contributed by atoms with Gasteiger partial charge in [0, 0.05) is 22.0 Å². The zero-order valence-corrected chi connectivity index (χ0v) is 16.0. The molecule has 5 nitrogen and oxygen atoms in total. The van der Waals surface area contributed by atoms with E-state index in [0.29, 0.717) is 17.1 Å². The van der Waals surface area contributed by atoms with E-state index in [-0.39, 0.29) is 17.9 Å². The summed E-state index contributed by atoms with van der Waals surface area (Å²) in [4.78, 5) is 27.7. The molecule has 0 aliphatic rings. The Labute approximate surface area is 157 Å². The number of nitrogens with zero attached hydrogens (tertiary/aromatic N) is 1. The smallest absolute Gasteiger partial charge is 0.251 e. The van der Waals surface area contributed by atoms with E-state index < -0.39 is 6.04 Å². The van der Waals surface area contributed by atoms with Crippen molar-refractivity contribution in [3.8, 4) is 0 Å². The third-order valence-electron chi connectivity index (χ3n) is 3.81. The van der Waals surface area contributed by atoms with Crippen LogP contribution in [0, 0.1) is 0 Å². The monoisotopic (exact) mass is 379 g/mol. The molecule has 0 fully saturated rings. The first-order valence-electron chi connectivity index (χ1n) is 7.92. The third-order valence-corrected chi connectivity index (χ3v) is 5.04. The Morgan fingerprint density at radius 3 is 2.44 bits per heavy atom. The van der Waals surface area contributed by atoms with E-state index >= 15 is 0 Å². The molecule has 0 aliphatic heterocycles. The van der Waals surface area contributed by atoms with Gasteiger partial charge >= 0.3 is 0 Å². The van der Waals surface area contributed by atoms with Crippen molar-refractivity contribution in [1.82, 2.24) is 15.5 Å². The molecule has 2 rings (SSSR count). The standard InChI is InChI=1S/C18H22ClN3O2S/c1-12(21-18(24)13-6-8-14(19)9-7-13)17(23)20-11-15(22(2)3)16-5-4-10-25-16/h4-10,12,15H,11H2,1-3H3,(H,20,23)(H,21,24). The normalized spacial score (nSPS) is 13.3. The number of carbonyl (C=O) groups excluding carboxylic acids is 2. The Hall–Kier alpha value is -1.89. The van der Waals surface area contributed by atoms with Crippen LogP contribution in [0.5, 0.6) is 0 Å². The lowest BCUT2D eigenvalue weighted by molar-refractivity contribution is -0.122. The van der Waals surface area contributed by atoms with Crippen LogP contribution in [0.4, 0.5) is 0 Å². The van der Waals surface area contributed by atoms with Crippen molar-refractivity contribution in [2.24, 2.45) is 0 Å². The number of likely N-dealkylation sites (N-methyl/N-ethyl adjacent to an activating group) is 1. The summed E-state index contributed by atoms with van der Waals surface area (Å²) in [6.07, 6.45) is 0. The average Bonchev–Trinajstić information content (AvgIpc) is 3.09. The molecular weight excluding hydrogens is 358 g/mol. The van der Waals surface area contributed by atoms with Crippen LogP contribution in [0.1, 0.15) is 28.2 Å². The Balaban J connectivity index is 1.89. The summed E-state index contributed by atoms with van der Waals surface area (Å²) in [6, 6.07) is 10.0. The summed E-state index contributed by atoms with van der Waals surface area (Å²) in [5.41, 5.74) is 0.466. The zero-order chi connectivity index (χ0) is 18.4. The molecule has 7 heteroatoms. The Morgan fingerprint density at radius 1 is 1.20 bits per heavy atom. The SMILES string of the molecule is CC(NC(=O)c1ccc(Cl)cc1)C(=O)NCC(c1cccs1)N(C)C. The quantitative estimate of drug-likeness (QED) is 0.777. The van der Waals surface area contributed by atoms with Crippen molar-refractivity contribution in [2.45, 2.75) is 19.0 Å². The molecule has 0 spiro atoms. The number of rotatable bonds is 7.